The molecule has 5 heteroatoms. The Bertz CT molecular complexity index is 391. The normalized spacial score (nSPS) is 21.5. The van der Waals surface area contributed by atoms with Gasteiger partial charge in [0.1, 0.15) is 0 Å². The van der Waals surface area contributed by atoms with Gasteiger partial charge in [-0.05, 0) is 37.2 Å². The molecule has 0 radical (unpaired) electrons. The first-order chi connectivity index (χ1) is 8.36. The molecular weight excluding hydrogens is 254 g/mol. The van der Waals surface area contributed by atoms with Crippen LogP contribution in [0.4, 0.5) is 5.82 Å². The highest BCUT2D eigenvalue weighted by molar-refractivity contribution is 7.99. The monoisotopic (exact) mass is 269 g/mol. The van der Waals surface area contributed by atoms with Gasteiger partial charge in [0, 0.05) is 24.5 Å². The standard InChI is InChI=1S/C12H16ClN3S/c13-11-12(15-6-5-14-11)16(9-1-2-9)10-3-7-17-8-4-10/h5-6,9-10H,1-4,7-8H2. The third-order valence-electron chi connectivity index (χ3n) is 3.40. The number of thioether (sulfide) groups is 1. The SMILES string of the molecule is Clc1nccnc1N(C1CCSCC1)C1CC1. The van der Waals surface area contributed by atoms with Crippen molar-refractivity contribution in [3.63, 3.8) is 0 Å². The summed E-state index contributed by atoms with van der Waals surface area (Å²) in [7, 11) is 0. The number of halogens is 1. The van der Waals surface area contributed by atoms with E-state index in [1.807, 2.05) is 0 Å². The molecule has 0 atom stereocenters. The highest BCUT2D eigenvalue weighted by Crippen LogP contribution is 2.38. The average molecular weight is 270 g/mol. The molecule has 0 spiro atoms. The fraction of sp³-hybridized carbons (Fsp3) is 0.667. The molecule has 2 heterocycles. The van der Waals surface area contributed by atoms with E-state index in [2.05, 4.69) is 26.6 Å². The zero-order valence-electron chi connectivity index (χ0n) is 9.68. The summed E-state index contributed by atoms with van der Waals surface area (Å²) in [5.74, 6) is 3.41. The Kier molecular flexibility index (Phi) is 3.43. The fourth-order valence-electron chi connectivity index (χ4n) is 2.45. The molecule has 0 unspecified atom stereocenters. The van der Waals surface area contributed by atoms with Crippen LogP contribution >= 0.6 is 23.4 Å². The van der Waals surface area contributed by atoms with Crippen LogP contribution in [0.25, 0.3) is 0 Å². The van der Waals surface area contributed by atoms with Crippen LogP contribution in [0.2, 0.25) is 5.15 Å². The summed E-state index contributed by atoms with van der Waals surface area (Å²) in [5.41, 5.74) is 0. The molecule has 3 rings (SSSR count). The van der Waals surface area contributed by atoms with Crippen LogP contribution in [-0.4, -0.2) is 33.6 Å². The predicted molar refractivity (Wildman–Crippen MR) is 72.9 cm³/mol. The van der Waals surface area contributed by atoms with Crippen LogP contribution < -0.4 is 4.90 Å². The second-order valence-electron chi connectivity index (χ2n) is 4.65. The Morgan fingerprint density at radius 1 is 1.06 bits per heavy atom. The first-order valence-corrected chi connectivity index (χ1v) is 7.72. The van der Waals surface area contributed by atoms with Crippen molar-refractivity contribution in [1.82, 2.24) is 9.97 Å². The number of rotatable bonds is 3. The Morgan fingerprint density at radius 3 is 2.35 bits per heavy atom. The van der Waals surface area contributed by atoms with Crippen molar-refractivity contribution in [3.05, 3.63) is 17.5 Å². The van der Waals surface area contributed by atoms with Gasteiger partial charge in [0.05, 0.1) is 0 Å². The van der Waals surface area contributed by atoms with E-state index in [9.17, 15) is 0 Å². The lowest BCUT2D eigenvalue weighted by Crippen LogP contribution is -2.40. The van der Waals surface area contributed by atoms with E-state index in [1.54, 1.807) is 12.4 Å². The number of anilines is 1. The molecule has 1 saturated heterocycles. The van der Waals surface area contributed by atoms with Gasteiger partial charge in [-0.15, -0.1) is 0 Å². The summed E-state index contributed by atoms with van der Waals surface area (Å²) in [6.45, 7) is 0. The van der Waals surface area contributed by atoms with Crippen molar-refractivity contribution in [2.75, 3.05) is 16.4 Å². The van der Waals surface area contributed by atoms with E-state index in [1.165, 1.54) is 37.2 Å². The van der Waals surface area contributed by atoms with Crippen LogP contribution in [0.1, 0.15) is 25.7 Å². The quantitative estimate of drug-likeness (QED) is 0.844. The lowest BCUT2D eigenvalue weighted by molar-refractivity contribution is 0.544. The molecule has 0 amide bonds. The van der Waals surface area contributed by atoms with Crippen molar-refractivity contribution in [2.45, 2.75) is 37.8 Å². The van der Waals surface area contributed by atoms with Gasteiger partial charge in [0.2, 0.25) is 0 Å². The smallest absolute Gasteiger partial charge is 0.171 e. The Hall–Kier alpha value is -0.480. The molecule has 2 aliphatic rings. The number of nitrogens with zero attached hydrogens (tertiary/aromatic N) is 3. The molecule has 17 heavy (non-hydrogen) atoms. The van der Waals surface area contributed by atoms with Gasteiger partial charge < -0.3 is 4.90 Å². The lowest BCUT2D eigenvalue weighted by Gasteiger charge is -2.35. The van der Waals surface area contributed by atoms with Gasteiger partial charge >= 0.3 is 0 Å². The molecule has 1 aliphatic heterocycles. The molecule has 0 bridgehead atoms. The first-order valence-electron chi connectivity index (χ1n) is 6.19. The van der Waals surface area contributed by atoms with E-state index in [-0.39, 0.29) is 0 Å². The van der Waals surface area contributed by atoms with Gasteiger partial charge in [-0.25, -0.2) is 9.97 Å². The zero-order chi connectivity index (χ0) is 11.7. The number of aromatic nitrogens is 2. The van der Waals surface area contributed by atoms with Gasteiger partial charge in [0.25, 0.3) is 0 Å². The molecule has 0 aromatic carbocycles. The maximum absolute atomic E-state index is 6.19. The zero-order valence-corrected chi connectivity index (χ0v) is 11.3. The van der Waals surface area contributed by atoms with Gasteiger partial charge in [0.15, 0.2) is 11.0 Å². The summed E-state index contributed by atoms with van der Waals surface area (Å²) < 4.78 is 0. The van der Waals surface area contributed by atoms with Crippen molar-refractivity contribution >= 4 is 29.2 Å². The predicted octanol–water partition coefficient (Wildman–Crippen LogP) is 2.99. The minimum Gasteiger partial charge on any atom is -0.348 e. The van der Waals surface area contributed by atoms with E-state index in [0.29, 0.717) is 17.2 Å². The maximum Gasteiger partial charge on any atom is 0.171 e. The largest absolute Gasteiger partial charge is 0.348 e. The molecule has 3 nitrogen and oxygen atoms in total. The van der Waals surface area contributed by atoms with E-state index >= 15 is 0 Å². The number of hydrogen-bond acceptors (Lipinski definition) is 4. The molecule has 1 aromatic rings. The molecule has 1 saturated carbocycles. The molecular formula is C12H16ClN3S. The molecule has 1 aromatic heterocycles. The lowest BCUT2D eigenvalue weighted by atomic mass is 10.1. The van der Waals surface area contributed by atoms with Crippen LogP contribution in [0.15, 0.2) is 12.4 Å². The molecule has 0 N–H and O–H groups in total. The summed E-state index contributed by atoms with van der Waals surface area (Å²) >= 11 is 8.24. The summed E-state index contributed by atoms with van der Waals surface area (Å²) in [4.78, 5) is 11.0. The topological polar surface area (TPSA) is 29.0 Å². The summed E-state index contributed by atoms with van der Waals surface area (Å²) in [5, 5.41) is 0.553. The van der Waals surface area contributed by atoms with Gasteiger partial charge in [-0.1, -0.05) is 11.6 Å². The third-order valence-corrected chi connectivity index (χ3v) is 4.72. The van der Waals surface area contributed by atoms with Crippen molar-refractivity contribution in [2.24, 2.45) is 0 Å². The highest BCUT2D eigenvalue weighted by Gasteiger charge is 2.36. The van der Waals surface area contributed by atoms with Gasteiger partial charge in [-0.2, -0.15) is 11.8 Å². The summed E-state index contributed by atoms with van der Waals surface area (Å²) in [6.07, 6.45) is 8.44. The number of hydrogen-bond donors (Lipinski definition) is 0. The van der Waals surface area contributed by atoms with E-state index in [4.69, 9.17) is 11.6 Å². The second-order valence-corrected chi connectivity index (χ2v) is 6.24. The van der Waals surface area contributed by atoms with Crippen molar-refractivity contribution in [1.29, 1.82) is 0 Å². The minimum atomic E-state index is 0.553. The van der Waals surface area contributed by atoms with Crippen molar-refractivity contribution < 1.29 is 0 Å². The van der Waals surface area contributed by atoms with Crippen molar-refractivity contribution in [3.8, 4) is 0 Å². The van der Waals surface area contributed by atoms with Gasteiger partial charge in [-0.3, -0.25) is 0 Å². The highest BCUT2D eigenvalue weighted by atomic mass is 35.5. The van der Waals surface area contributed by atoms with E-state index in [0.717, 1.165) is 5.82 Å². The van der Waals surface area contributed by atoms with Crippen LogP contribution in [0, 0.1) is 0 Å². The van der Waals surface area contributed by atoms with Crippen LogP contribution in [0.5, 0.6) is 0 Å². The Labute approximate surface area is 111 Å². The Balaban J connectivity index is 1.86. The fourth-order valence-corrected chi connectivity index (χ4v) is 3.73. The Morgan fingerprint density at radius 2 is 1.71 bits per heavy atom. The average Bonchev–Trinajstić information content (AvgIpc) is 3.18. The van der Waals surface area contributed by atoms with Crippen LogP contribution in [-0.2, 0) is 0 Å². The molecule has 1 aliphatic carbocycles. The molecule has 92 valence electrons. The van der Waals surface area contributed by atoms with Crippen LogP contribution in [0.3, 0.4) is 0 Å². The summed E-state index contributed by atoms with van der Waals surface area (Å²) in [6, 6.07) is 1.26. The van der Waals surface area contributed by atoms with E-state index < -0.39 is 0 Å². The molecule has 2 fully saturated rings. The third kappa shape index (κ3) is 2.52. The maximum atomic E-state index is 6.19. The second kappa shape index (κ2) is 5.02. The minimum absolute atomic E-state index is 0.553. The first kappa shape index (κ1) is 11.6.